The predicted octanol–water partition coefficient (Wildman–Crippen LogP) is 4.83. The van der Waals surface area contributed by atoms with Gasteiger partial charge in [0, 0.05) is 0 Å². The van der Waals surface area contributed by atoms with Crippen LogP contribution in [-0.2, 0) is 14.8 Å². The number of rotatable bonds is 11. The van der Waals surface area contributed by atoms with Crippen LogP contribution in [0.5, 0.6) is 5.75 Å². The number of unbranched alkanes of at least 4 members (excludes halogenated alkanes) is 1. The summed E-state index contributed by atoms with van der Waals surface area (Å²) in [5.74, 6) is 0.216. The number of hydrogen-bond donors (Lipinski definition) is 1. The number of aryl methyl sites for hydroxylation is 2. The van der Waals surface area contributed by atoms with Gasteiger partial charge in [-0.2, -0.15) is 5.10 Å². The average Bonchev–Trinajstić information content (AvgIpc) is 2.86. The van der Waals surface area contributed by atoms with Crippen LogP contribution in [0.15, 0.2) is 82.8 Å². The smallest absolute Gasteiger partial charge is 0.264 e. The van der Waals surface area contributed by atoms with Gasteiger partial charge in [0.15, 0.2) is 0 Å². The van der Waals surface area contributed by atoms with E-state index in [4.69, 9.17) is 4.74 Å². The number of anilines is 1. The van der Waals surface area contributed by atoms with Crippen molar-refractivity contribution in [2.24, 2.45) is 5.10 Å². The van der Waals surface area contributed by atoms with Crippen molar-refractivity contribution in [3.63, 3.8) is 0 Å². The van der Waals surface area contributed by atoms with E-state index in [9.17, 15) is 13.2 Å². The quantitative estimate of drug-likeness (QED) is 0.235. The van der Waals surface area contributed by atoms with E-state index in [2.05, 4.69) is 17.5 Å². The summed E-state index contributed by atoms with van der Waals surface area (Å²) in [6.45, 7) is 6.20. The molecule has 1 amide bonds. The van der Waals surface area contributed by atoms with E-state index >= 15 is 0 Å². The fourth-order valence-corrected chi connectivity index (χ4v) is 4.68. The first kappa shape index (κ1) is 26.0. The van der Waals surface area contributed by atoms with Crippen LogP contribution >= 0.6 is 0 Å². The molecule has 0 unspecified atom stereocenters. The molecule has 3 aromatic carbocycles. The first-order valence-corrected chi connectivity index (χ1v) is 12.9. The standard InChI is InChI=1S/C27H31N3O4S/c1-4-5-17-34-25-15-12-23(13-16-25)19-28-29-27(31)20-30(24-14-11-21(2)22(3)18-24)35(32,33)26-9-7-6-8-10-26/h6-16,18-19H,4-5,17,20H2,1-3H3,(H,29,31)/b28-19-. The molecule has 0 fully saturated rings. The van der Waals surface area contributed by atoms with Crippen molar-refractivity contribution in [3.8, 4) is 5.75 Å². The van der Waals surface area contributed by atoms with Gasteiger partial charge in [-0.05, 0) is 85.5 Å². The molecule has 0 saturated carbocycles. The van der Waals surface area contributed by atoms with Gasteiger partial charge in [0.2, 0.25) is 0 Å². The van der Waals surface area contributed by atoms with Gasteiger partial charge in [-0.3, -0.25) is 9.10 Å². The molecule has 0 aliphatic carbocycles. The highest BCUT2D eigenvalue weighted by Crippen LogP contribution is 2.25. The molecule has 3 rings (SSSR count). The average molecular weight is 494 g/mol. The maximum absolute atomic E-state index is 13.4. The second-order valence-electron chi connectivity index (χ2n) is 8.16. The van der Waals surface area contributed by atoms with Gasteiger partial charge < -0.3 is 4.74 Å². The van der Waals surface area contributed by atoms with Crippen molar-refractivity contribution in [1.29, 1.82) is 0 Å². The summed E-state index contributed by atoms with van der Waals surface area (Å²) in [5.41, 5.74) is 5.57. The van der Waals surface area contributed by atoms with Gasteiger partial charge in [-0.1, -0.05) is 37.6 Å². The minimum Gasteiger partial charge on any atom is -0.494 e. The Labute approximate surface area is 207 Å². The number of hydrogen-bond acceptors (Lipinski definition) is 5. The van der Waals surface area contributed by atoms with Gasteiger partial charge in [0.25, 0.3) is 15.9 Å². The van der Waals surface area contributed by atoms with Gasteiger partial charge in [-0.25, -0.2) is 13.8 Å². The lowest BCUT2D eigenvalue weighted by Gasteiger charge is -2.24. The lowest BCUT2D eigenvalue weighted by Crippen LogP contribution is -2.39. The summed E-state index contributed by atoms with van der Waals surface area (Å²) in [6.07, 6.45) is 3.56. The molecule has 7 nitrogen and oxygen atoms in total. The number of carbonyl (C=O) groups excluding carboxylic acids is 1. The number of amides is 1. The second-order valence-corrected chi connectivity index (χ2v) is 10.0. The molecule has 35 heavy (non-hydrogen) atoms. The summed E-state index contributed by atoms with van der Waals surface area (Å²) in [5, 5.41) is 3.99. The molecule has 0 aliphatic heterocycles. The van der Waals surface area contributed by atoms with Crippen LogP contribution in [0.2, 0.25) is 0 Å². The zero-order chi connectivity index (χ0) is 25.3. The number of carbonyl (C=O) groups is 1. The third kappa shape index (κ3) is 7.16. The number of sulfonamides is 1. The summed E-state index contributed by atoms with van der Waals surface area (Å²) in [7, 11) is -3.96. The van der Waals surface area contributed by atoms with Crippen LogP contribution in [-0.4, -0.2) is 33.7 Å². The molecule has 1 N–H and O–H groups in total. The monoisotopic (exact) mass is 493 g/mol. The number of ether oxygens (including phenoxy) is 1. The number of hydrazone groups is 1. The number of benzene rings is 3. The normalized spacial score (nSPS) is 11.4. The summed E-state index contributed by atoms with van der Waals surface area (Å²) in [4.78, 5) is 12.8. The van der Waals surface area contributed by atoms with E-state index in [1.54, 1.807) is 30.3 Å². The Morgan fingerprint density at radius 3 is 2.37 bits per heavy atom. The Hall–Kier alpha value is -3.65. The lowest BCUT2D eigenvalue weighted by atomic mass is 10.1. The highest BCUT2D eigenvalue weighted by atomic mass is 32.2. The van der Waals surface area contributed by atoms with Crippen molar-refractivity contribution in [3.05, 3.63) is 89.5 Å². The molecule has 0 saturated heterocycles. The van der Waals surface area contributed by atoms with E-state index in [1.807, 2.05) is 44.2 Å². The maximum atomic E-state index is 13.4. The van der Waals surface area contributed by atoms with Crippen LogP contribution in [0.4, 0.5) is 5.69 Å². The minimum atomic E-state index is -3.96. The second kappa shape index (κ2) is 12.2. The van der Waals surface area contributed by atoms with Crippen molar-refractivity contribution < 1.29 is 17.9 Å². The summed E-state index contributed by atoms with van der Waals surface area (Å²) in [6, 6.07) is 20.7. The van der Waals surface area contributed by atoms with Gasteiger partial charge in [0.1, 0.15) is 12.3 Å². The van der Waals surface area contributed by atoms with Crippen LogP contribution in [0, 0.1) is 13.8 Å². The molecule has 0 aromatic heterocycles. The zero-order valence-corrected chi connectivity index (χ0v) is 21.1. The Morgan fingerprint density at radius 1 is 1.00 bits per heavy atom. The Morgan fingerprint density at radius 2 is 1.71 bits per heavy atom. The molecule has 0 bridgehead atoms. The van der Waals surface area contributed by atoms with Crippen molar-refractivity contribution >= 4 is 27.8 Å². The third-order valence-electron chi connectivity index (χ3n) is 5.45. The SMILES string of the molecule is CCCCOc1ccc(/C=N\NC(=O)CN(c2ccc(C)c(C)c2)S(=O)(=O)c2ccccc2)cc1. The molecule has 0 heterocycles. The molecule has 0 spiro atoms. The first-order chi connectivity index (χ1) is 16.8. The van der Waals surface area contributed by atoms with E-state index < -0.39 is 22.5 Å². The molecule has 184 valence electrons. The minimum absolute atomic E-state index is 0.107. The highest BCUT2D eigenvalue weighted by molar-refractivity contribution is 7.92. The molecule has 8 heteroatoms. The van der Waals surface area contributed by atoms with Gasteiger partial charge >= 0.3 is 0 Å². The van der Waals surface area contributed by atoms with E-state index in [0.29, 0.717) is 12.3 Å². The predicted molar refractivity (Wildman–Crippen MR) is 139 cm³/mol. The van der Waals surface area contributed by atoms with Crippen molar-refractivity contribution in [2.75, 3.05) is 17.5 Å². The largest absolute Gasteiger partial charge is 0.494 e. The lowest BCUT2D eigenvalue weighted by molar-refractivity contribution is -0.119. The fourth-order valence-electron chi connectivity index (χ4n) is 3.24. The molecular formula is C27H31N3O4S. The van der Waals surface area contributed by atoms with Crippen molar-refractivity contribution in [1.82, 2.24) is 5.43 Å². The van der Waals surface area contributed by atoms with Crippen LogP contribution in [0.3, 0.4) is 0 Å². The van der Waals surface area contributed by atoms with Crippen molar-refractivity contribution in [2.45, 2.75) is 38.5 Å². The van der Waals surface area contributed by atoms with Crippen LogP contribution < -0.4 is 14.5 Å². The molecule has 3 aromatic rings. The Bertz CT molecular complexity index is 1260. The van der Waals surface area contributed by atoms with Gasteiger partial charge in [0.05, 0.1) is 23.4 Å². The van der Waals surface area contributed by atoms with E-state index in [-0.39, 0.29) is 4.90 Å². The topological polar surface area (TPSA) is 88.1 Å². The molecule has 0 atom stereocenters. The highest BCUT2D eigenvalue weighted by Gasteiger charge is 2.27. The maximum Gasteiger partial charge on any atom is 0.264 e. The third-order valence-corrected chi connectivity index (χ3v) is 7.23. The molecular weight excluding hydrogens is 462 g/mol. The Balaban J connectivity index is 1.73. The molecule has 0 aliphatic rings. The summed E-state index contributed by atoms with van der Waals surface area (Å²) >= 11 is 0. The zero-order valence-electron chi connectivity index (χ0n) is 20.3. The van der Waals surface area contributed by atoms with Crippen LogP contribution in [0.1, 0.15) is 36.5 Å². The van der Waals surface area contributed by atoms with Gasteiger partial charge in [-0.15, -0.1) is 0 Å². The Kier molecular flexibility index (Phi) is 9.03. The molecule has 0 radical (unpaired) electrons. The fraction of sp³-hybridized carbons (Fsp3) is 0.259. The number of nitrogens with one attached hydrogen (secondary N) is 1. The first-order valence-electron chi connectivity index (χ1n) is 11.5. The summed E-state index contributed by atoms with van der Waals surface area (Å²) < 4.78 is 33.5. The van der Waals surface area contributed by atoms with E-state index in [0.717, 1.165) is 39.6 Å². The van der Waals surface area contributed by atoms with E-state index in [1.165, 1.54) is 18.3 Å². The number of nitrogens with zero attached hydrogens (tertiary/aromatic N) is 2. The van der Waals surface area contributed by atoms with Crippen LogP contribution in [0.25, 0.3) is 0 Å².